The monoisotopic (exact) mass is 727 g/mol. The Bertz CT molecular complexity index is 1290. The van der Waals surface area contributed by atoms with Crippen molar-refractivity contribution in [3.63, 3.8) is 0 Å². The first kappa shape index (κ1) is 44.2. The van der Waals surface area contributed by atoms with Gasteiger partial charge in [-0.05, 0) is 124 Å². The summed E-state index contributed by atoms with van der Waals surface area (Å²) in [6.07, 6.45) is 30.2. The van der Waals surface area contributed by atoms with E-state index in [0.29, 0.717) is 0 Å². The molecule has 1 aliphatic rings. The topological polar surface area (TPSA) is 25.3 Å². The van der Waals surface area contributed by atoms with Gasteiger partial charge in [0.15, 0.2) is 0 Å². The molecule has 0 aromatic heterocycles. The first-order valence-corrected chi connectivity index (χ1v) is 21.2. The van der Waals surface area contributed by atoms with Gasteiger partial charge in [0.25, 0.3) is 0 Å². The van der Waals surface area contributed by atoms with Crippen LogP contribution < -0.4 is 0 Å². The molecule has 0 bridgehead atoms. The molecule has 3 rings (SSSR count). The number of hydrogen-bond donors (Lipinski definition) is 0. The summed E-state index contributed by atoms with van der Waals surface area (Å²) in [5.41, 5.74) is 25.8. The fourth-order valence-corrected chi connectivity index (χ4v) is 7.71. The van der Waals surface area contributed by atoms with E-state index in [1.807, 2.05) is 0 Å². The Balaban J connectivity index is 0.00000867. The molecule has 2 aromatic rings. The van der Waals surface area contributed by atoms with Crippen LogP contribution in [0.5, 0.6) is 0 Å². The summed E-state index contributed by atoms with van der Waals surface area (Å²) in [6.45, 7) is 13.8. The van der Waals surface area contributed by atoms with Crippen molar-refractivity contribution in [3.8, 4) is 0 Å². The van der Waals surface area contributed by atoms with E-state index in [2.05, 4.69) is 77.9 Å². The predicted octanol–water partition coefficient (Wildman–Crippen LogP) is 15.6. The van der Waals surface area contributed by atoms with Crippen molar-refractivity contribution in [2.24, 2.45) is 0 Å². The third-order valence-electron chi connectivity index (χ3n) is 10.6. The Kier molecular flexibility index (Phi) is 22.9. The summed E-state index contributed by atoms with van der Waals surface area (Å²) in [5, 5.41) is 0. The SMILES string of the molecule is CCCCCCC1=C(c2cc(CCCCCC)cc(CCCCCC)c2)[N+](=[N-])C(c2cc(CCCC)cc(CCCC)c2)=C1CCCCC.[H-].[H-].[Ni]. The van der Waals surface area contributed by atoms with Gasteiger partial charge in [0.05, 0.1) is 0 Å². The number of aryl methyl sites for hydroxylation is 4. The van der Waals surface area contributed by atoms with E-state index in [1.54, 1.807) is 4.70 Å². The number of hydrogen-bond acceptors (Lipinski definition) is 0. The molecule has 2 nitrogen and oxygen atoms in total. The van der Waals surface area contributed by atoms with Crippen molar-refractivity contribution in [2.75, 3.05) is 0 Å². The van der Waals surface area contributed by atoms with E-state index in [-0.39, 0.29) is 19.3 Å². The van der Waals surface area contributed by atoms with Crippen LogP contribution in [0.25, 0.3) is 16.9 Å². The summed E-state index contributed by atoms with van der Waals surface area (Å²) in [6, 6.07) is 14.7. The summed E-state index contributed by atoms with van der Waals surface area (Å²) >= 11 is 0. The van der Waals surface area contributed by atoms with E-state index < -0.39 is 0 Å². The second-order valence-electron chi connectivity index (χ2n) is 15.1. The van der Waals surface area contributed by atoms with Gasteiger partial charge >= 0.3 is 0 Å². The Morgan fingerprint density at radius 1 is 0.380 bits per heavy atom. The quantitative estimate of drug-likeness (QED) is 0.0497. The Morgan fingerprint density at radius 2 is 0.660 bits per heavy atom. The van der Waals surface area contributed by atoms with Crippen LogP contribution in [-0.2, 0) is 42.2 Å². The standard InChI is InChI=1S/C47H74N2.Ni.2H/c1-7-13-19-23-28-40-33-41(29-24-20-14-8-2)37-43(36-40)47-45(31-25-21-15-9-3)44(30-22-16-10-4)46(49(47)48)42-34-38(26-17-11-5)32-39(35-42)27-18-12-6;;;/h32-37H,7-31H2,1-6H3;;;/q;;2*-1. The normalized spacial score (nSPS) is 13.1. The molecule has 0 spiro atoms. The van der Waals surface area contributed by atoms with Crippen molar-refractivity contribution in [3.05, 3.63) is 86.5 Å². The second kappa shape index (κ2) is 25.9. The molecule has 0 amide bonds. The number of nitrogens with zero attached hydrogens (tertiary/aromatic N) is 2. The molecule has 3 heteroatoms. The molecule has 0 radical (unpaired) electrons. The van der Waals surface area contributed by atoms with Crippen molar-refractivity contribution in [2.45, 2.75) is 202 Å². The number of benzene rings is 2. The predicted molar refractivity (Wildman–Crippen MR) is 218 cm³/mol. The van der Waals surface area contributed by atoms with Crippen LogP contribution in [-0.4, -0.2) is 4.70 Å². The van der Waals surface area contributed by atoms with Crippen LogP contribution >= 0.6 is 0 Å². The maximum absolute atomic E-state index is 12.6. The van der Waals surface area contributed by atoms with E-state index >= 15 is 0 Å². The molecule has 1 aliphatic heterocycles. The molecule has 50 heavy (non-hydrogen) atoms. The van der Waals surface area contributed by atoms with Gasteiger partial charge in [0.1, 0.15) is 0 Å². The molecule has 0 saturated carbocycles. The van der Waals surface area contributed by atoms with Crippen LogP contribution in [0.3, 0.4) is 0 Å². The van der Waals surface area contributed by atoms with E-state index in [9.17, 15) is 5.53 Å². The first-order chi connectivity index (χ1) is 24.0. The molecule has 0 atom stereocenters. The van der Waals surface area contributed by atoms with Crippen LogP contribution in [0.4, 0.5) is 0 Å². The Hall–Kier alpha value is -1.99. The third kappa shape index (κ3) is 14.2. The van der Waals surface area contributed by atoms with Gasteiger partial charge in [-0.3, -0.25) is 0 Å². The van der Waals surface area contributed by atoms with Crippen LogP contribution in [0.2, 0.25) is 0 Å². The van der Waals surface area contributed by atoms with Crippen molar-refractivity contribution in [1.82, 2.24) is 0 Å². The smallest absolute Gasteiger partial charge is 0.211 e. The Morgan fingerprint density at radius 3 is 1.00 bits per heavy atom. The molecule has 0 unspecified atom stereocenters. The minimum Gasteiger partial charge on any atom is -1.00 e. The van der Waals surface area contributed by atoms with Gasteiger partial charge in [-0.2, -0.15) is 0 Å². The van der Waals surface area contributed by atoms with Crippen molar-refractivity contribution < 1.29 is 24.0 Å². The average Bonchev–Trinajstić information content (AvgIpc) is 3.38. The van der Waals surface area contributed by atoms with Crippen molar-refractivity contribution in [1.29, 1.82) is 0 Å². The van der Waals surface area contributed by atoms with E-state index in [4.69, 9.17) is 0 Å². The molecule has 2 aromatic carbocycles. The molecule has 0 N–H and O–H groups in total. The minimum atomic E-state index is 0. The van der Waals surface area contributed by atoms with Gasteiger partial charge in [-0.25, -0.2) is 4.70 Å². The maximum atomic E-state index is 12.6. The van der Waals surface area contributed by atoms with E-state index in [0.717, 1.165) is 49.9 Å². The van der Waals surface area contributed by atoms with Gasteiger partial charge in [-0.15, -0.1) is 0 Å². The zero-order chi connectivity index (χ0) is 35.3. The van der Waals surface area contributed by atoms with Crippen LogP contribution in [0, 0.1) is 0 Å². The zero-order valence-corrected chi connectivity index (χ0v) is 34.3. The molecular weight excluding hydrogens is 651 g/mol. The van der Waals surface area contributed by atoms with Crippen LogP contribution in [0.15, 0.2) is 47.5 Å². The zero-order valence-electron chi connectivity index (χ0n) is 35.4. The van der Waals surface area contributed by atoms with Gasteiger partial charge in [0.2, 0.25) is 11.4 Å². The maximum Gasteiger partial charge on any atom is 0.211 e. The molecule has 0 aliphatic carbocycles. The Labute approximate surface area is 322 Å². The van der Waals surface area contributed by atoms with Gasteiger partial charge in [-0.1, -0.05) is 137 Å². The van der Waals surface area contributed by atoms with Gasteiger partial charge < -0.3 is 8.38 Å². The fourth-order valence-electron chi connectivity index (χ4n) is 7.71. The average molecular weight is 728 g/mol. The molecular formula is C47H76N2Ni-2. The minimum absolute atomic E-state index is 0. The summed E-state index contributed by atoms with van der Waals surface area (Å²) in [7, 11) is 0. The molecule has 0 saturated heterocycles. The van der Waals surface area contributed by atoms with E-state index in [1.165, 1.54) is 167 Å². The van der Waals surface area contributed by atoms with Gasteiger partial charge in [0, 0.05) is 38.8 Å². The summed E-state index contributed by atoms with van der Waals surface area (Å²) in [4.78, 5) is 0. The molecule has 286 valence electrons. The fraction of sp³-hybridized carbons (Fsp3) is 0.660. The second-order valence-corrected chi connectivity index (χ2v) is 15.1. The summed E-state index contributed by atoms with van der Waals surface area (Å²) < 4.78 is 1.68. The summed E-state index contributed by atoms with van der Waals surface area (Å²) in [5.74, 6) is 0. The number of rotatable bonds is 27. The van der Waals surface area contributed by atoms with Crippen molar-refractivity contribution >= 4 is 11.4 Å². The largest absolute Gasteiger partial charge is 1.00 e. The number of allylic oxidation sites excluding steroid dienone is 2. The first-order valence-electron chi connectivity index (χ1n) is 21.2. The molecule has 1 heterocycles. The van der Waals surface area contributed by atoms with Crippen LogP contribution in [0.1, 0.15) is 213 Å². The molecule has 0 fully saturated rings. The third-order valence-corrected chi connectivity index (χ3v) is 10.6. The number of unbranched alkanes of at least 4 members (excludes halogenated alkanes) is 13.